The molecule has 0 heterocycles. The number of nitrogens with two attached hydrogens (primary N) is 1. The van der Waals surface area contributed by atoms with Gasteiger partial charge in [0.2, 0.25) is 0 Å². The van der Waals surface area contributed by atoms with Crippen molar-refractivity contribution in [1.82, 2.24) is 0 Å². The molecule has 2 aromatic carbocycles. The first-order valence-corrected chi connectivity index (χ1v) is 7.27. The van der Waals surface area contributed by atoms with Crippen molar-refractivity contribution in [3.8, 4) is 11.1 Å². The number of carbonyl (C=O) groups is 1. The van der Waals surface area contributed by atoms with Gasteiger partial charge in [-0.15, -0.1) is 12.4 Å². The molecule has 3 N–H and O–H groups in total. The molecular weight excluding hydrogens is 336 g/mol. The zero-order chi connectivity index (χ0) is 17.3. The number of benzene rings is 2. The second kappa shape index (κ2) is 7.73. The summed E-state index contributed by atoms with van der Waals surface area (Å²) >= 11 is 0. The van der Waals surface area contributed by atoms with Crippen LogP contribution in [0.2, 0.25) is 0 Å². The molecule has 0 aliphatic carbocycles. The van der Waals surface area contributed by atoms with Crippen LogP contribution in [0.1, 0.15) is 34.7 Å². The normalized spacial score (nSPS) is 11.8. The summed E-state index contributed by atoms with van der Waals surface area (Å²) in [6.07, 6.45) is -0.421. The first-order valence-electron chi connectivity index (χ1n) is 7.27. The minimum Gasteiger partial charge on any atom is -0.481 e. The zero-order valence-electron chi connectivity index (χ0n) is 13.7. The average molecular weight is 356 g/mol. The molecule has 130 valence electrons. The highest BCUT2D eigenvalue weighted by molar-refractivity contribution is 5.85. The summed E-state index contributed by atoms with van der Waals surface area (Å²) in [6, 6.07) is 6.17. The van der Waals surface area contributed by atoms with Crippen molar-refractivity contribution >= 4 is 18.4 Å². The van der Waals surface area contributed by atoms with Crippen LogP contribution in [0.5, 0.6) is 0 Å². The third kappa shape index (κ3) is 3.57. The first kappa shape index (κ1) is 20.1. The van der Waals surface area contributed by atoms with Crippen molar-refractivity contribution < 1.29 is 18.7 Å². The Labute approximate surface area is 145 Å². The summed E-state index contributed by atoms with van der Waals surface area (Å²) in [4.78, 5) is 10.9. The first-order chi connectivity index (χ1) is 10.8. The van der Waals surface area contributed by atoms with Gasteiger partial charge in [-0.3, -0.25) is 4.79 Å². The van der Waals surface area contributed by atoms with Crippen LogP contribution in [-0.2, 0) is 4.79 Å². The van der Waals surface area contributed by atoms with E-state index in [1.54, 1.807) is 19.1 Å². The Bertz CT molecular complexity index is 778. The number of hydrogen-bond donors (Lipinski definition) is 2. The molecule has 0 saturated carbocycles. The van der Waals surface area contributed by atoms with Crippen molar-refractivity contribution in [3.05, 3.63) is 58.2 Å². The number of aliphatic carboxylic acids is 1. The lowest BCUT2D eigenvalue weighted by atomic mass is 9.87. The number of carboxylic acids is 1. The molecule has 0 saturated heterocycles. The van der Waals surface area contributed by atoms with E-state index < -0.39 is 30.1 Å². The Morgan fingerprint density at radius 3 is 2.25 bits per heavy atom. The molecule has 0 aliphatic rings. The van der Waals surface area contributed by atoms with Crippen LogP contribution in [0, 0.1) is 32.4 Å². The molecular formula is C18H20ClF2NO2. The average Bonchev–Trinajstić information content (AvgIpc) is 2.46. The van der Waals surface area contributed by atoms with Crippen molar-refractivity contribution in [3.63, 3.8) is 0 Å². The van der Waals surface area contributed by atoms with E-state index in [-0.39, 0.29) is 29.1 Å². The van der Waals surface area contributed by atoms with Gasteiger partial charge < -0.3 is 10.8 Å². The Morgan fingerprint density at radius 2 is 1.71 bits per heavy atom. The highest BCUT2D eigenvalue weighted by Gasteiger charge is 2.26. The molecule has 0 spiro atoms. The highest BCUT2D eigenvalue weighted by atomic mass is 35.5. The van der Waals surface area contributed by atoms with Gasteiger partial charge in [-0.2, -0.15) is 0 Å². The van der Waals surface area contributed by atoms with Gasteiger partial charge in [-0.05, 0) is 37.5 Å². The Kier molecular flexibility index (Phi) is 6.46. The fraction of sp³-hybridized carbons (Fsp3) is 0.278. The maximum atomic E-state index is 14.7. The van der Waals surface area contributed by atoms with Crippen molar-refractivity contribution in [2.75, 3.05) is 0 Å². The van der Waals surface area contributed by atoms with Gasteiger partial charge >= 0.3 is 5.97 Å². The Balaban J connectivity index is 0.00000288. The van der Waals surface area contributed by atoms with Crippen LogP contribution in [0.25, 0.3) is 11.1 Å². The lowest BCUT2D eigenvalue weighted by molar-refractivity contribution is -0.137. The van der Waals surface area contributed by atoms with Crippen LogP contribution in [0.15, 0.2) is 24.3 Å². The molecule has 0 fully saturated rings. The van der Waals surface area contributed by atoms with Crippen LogP contribution in [-0.4, -0.2) is 11.1 Å². The van der Waals surface area contributed by atoms with E-state index in [2.05, 4.69) is 0 Å². The predicted octanol–water partition coefficient (Wildman–Crippen LogP) is 4.45. The van der Waals surface area contributed by atoms with Gasteiger partial charge in [0.1, 0.15) is 11.6 Å². The number of hydrogen-bond acceptors (Lipinski definition) is 2. The lowest BCUT2D eigenvalue weighted by Crippen LogP contribution is -2.19. The molecule has 0 aromatic heterocycles. The number of aryl methyl sites for hydroxylation is 1. The van der Waals surface area contributed by atoms with Crippen LogP contribution < -0.4 is 5.73 Å². The molecule has 0 aliphatic heterocycles. The van der Waals surface area contributed by atoms with Gasteiger partial charge in [0.25, 0.3) is 0 Å². The summed E-state index contributed by atoms with van der Waals surface area (Å²) in [5, 5.41) is 8.90. The monoisotopic (exact) mass is 355 g/mol. The van der Waals surface area contributed by atoms with Gasteiger partial charge in [0.15, 0.2) is 0 Å². The summed E-state index contributed by atoms with van der Waals surface area (Å²) in [5.74, 6) is -2.54. The maximum Gasteiger partial charge on any atom is 0.305 e. The van der Waals surface area contributed by atoms with E-state index in [0.717, 1.165) is 5.56 Å². The summed E-state index contributed by atoms with van der Waals surface area (Å²) in [7, 11) is 0. The van der Waals surface area contributed by atoms with Crippen molar-refractivity contribution in [1.29, 1.82) is 0 Å². The molecule has 1 unspecified atom stereocenters. The smallest absolute Gasteiger partial charge is 0.305 e. The standard InChI is InChI=1S/C18H19F2NO2.ClH/c1-9-6-4-5-7-12(9)15-10(2)16(13(21)8-14(22)23)18(20)11(3)17(15)19;/h4-7,13H,8,21H2,1-3H3,(H,22,23);1H. The van der Waals surface area contributed by atoms with Gasteiger partial charge in [0.05, 0.1) is 6.42 Å². The molecule has 1 atom stereocenters. The van der Waals surface area contributed by atoms with E-state index in [9.17, 15) is 13.6 Å². The minimum absolute atomic E-state index is 0. The molecule has 0 radical (unpaired) electrons. The van der Waals surface area contributed by atoms with Gasteiger partial charge in [0, 0.05) is 22.7 Å². The zero-order valence-corrected chi connectivity index (χ0v) is 14.5. The predicted molar refractivity (Wildman–Crippen MR) is 92.4 cm³/mol. The summed E-state index contributed by atoms with van der Waals surface area (Å²) < 4.78 is 29.2. The van der Waals surface area contributed by atoms with E-state index in [1.165, 1.54) is 6.92 Å². The SMILES string of the molecule is Cc1ccccc1-c1c(C)c(C(N)CC(=O)O)c(F)c(C)c1F.Cl. The molecule has 0 amide bonds. The maximum absolute atomic E-state index is 14.7. The molecule has 6 heteroatoms. The van der Waals surface area contributed by atoms with Gasteiger partial charge in [-0.25, -0.2) is 8.78 Å². The summed E-state index contributed by atoms with van der Waals surface area (Å²) in [6.45, 7) is 4.75. The number of halogens is 3. The highest BCUT2D eigenvalue weighted by Crippen LogP contribution is 2.37. The number of rotatable bonds is 4. The van der Waals surface area contributed by atoms with E-state index >= 15 is 0 Å². The fourth-order valence-electron chi connectivity index (χ4n) is 2.85. The Hall–Kier alpha value is -1.98. The molecule has 2 aromatic rings. The number of carboxylic acid groups (broad SMARTS) is 1. The third-order valence-corrected chi connectivity index (χ3v) is 4.07. The lowest BCUT2D eigenvalue weighted by Gasteiger charge is -2.21. The minimum atomic E-state index is -1.13. The topological polar surface area (TPSA) is 63.3 Å². The van der Waals surface area contributed by atoms with Gasteiger partial charge in [-0.1, -0.05) is 24.3 Å². The van der Waals surface area contributed by atoms with E-state index in [0.29, 0.717) is 11.1 Å². The van der Waals surface area contributed by atoms with Crippen LogP contribution >= 0.6 is 12.4 Å². The van der Waals surface area contributed by atoms with Crippen LogP contribution in [0.4, 0.5) is 8.78 Å². The van der Waals surface area contributed by atoms with Crippen molar-refractivity contribution in [2.45, 2.75) is 33.2 Å². The Morgan fingerprint density at radius 1 is 1.12 bits per heavy atom. The molecule has 2 rings (SSSR count). The third-order valence-electron chi connectivity index (χ3n) is 4.07. The second-order valence-electron chi connectivity index (χ2n) is 5.69. The summed E-state index contributed by atoms with van der Waals surface area (Å²) in [5.41, 5.74) is 7.88. The molecule has 3 nitrogen and oxygen atoms in total. The largest absolute Gasteiger partial charge is 0.481 e. The second-order valence-corrected chi connectivity index (χ2v) is 5.69. The molecule has 24 heavy (non-hydrogen) atoms. The fourth-order valence-corrected chi connectivity index (χ4v) is 2.85. The van der Waals surface area contributed by atoms with E-state index in [1.807, 2.05) is 19.1 Å². The molecule has 0 bridgehead atoms. The van der Waals surface area contributed by atoms with Crippen LogP contribution in [0.3, 0.4) is 0 Å². The van der Waals surface area contributed by atoms with Crippen molar-refractivity contribution in [2.24, 2.45) is 5.73 Å². The van der Waals surface area contributed by atoms with E-state index in [4.69, 9.17) is 10.8 Å². The quantitative estimate of drug-likeness (QED) is 0.851.